The van der Waals surface area contributed by atoms with Gasteiger partial charge in [0, 0.05) is 44.7 Å². The number of aliphatic hydroxyl groups excluding tert-OH is 1. The van der Waals surface area contributed by atoms with Crippen molar-refractivity contribution in [1.82, 2.24) is 20.2 Å². The highest BCUT2D eigenvalue weighted by Crippen LogP contribution is 2.35. The van der Waals surface area contributed by atoms with Crippen molar-refractivity contribution in [3.8, 4) is 0 Å². The van der Waals surface area contributed by atoms with Gasteiger partial charge in [-0.05, 0) is 71.0 Å². The smallest absolute Gasteiger partial charge is 0.228 e. The summed E-state index contributed by atoms with van der Waals surface area (Å²) in [6, 6.07) is 2.41. The molecule has 0 bridgehead atoms. The van der Waals surface area contributed by atoms with Crippen molar-refractivity contribution >= 4 is 11.9 Å². The molecule has 1 unspecified atom stereocenters. The predicted molar refractivity (Wildman–Crippen MR) is 110 cm³/mol. The average molecular weight is 390 g/mol. The van der Waals surface area contributed by atoms with E-state index in [0.717, 1.165) is 39.0 Å². The minimum atomic E-state index is -0.547. The number of anilines is 1. The number of carbonyl (C=O) groups excluding carboxylic acids is 1. The van der Waals surface area contributed by atoms with Crippen LogP contribution >= 0.6 is 0 Å². The monoisotopic (exact) mass is 389 g/mol. The van der Waals surface area contributed by atoms with Crippen molar-refractivity contribution in [3.63, 3.8) is 0 Å². The molecule has 0 spiro atoms. The lowest BCUT2D eigenvalue weighted by Gasteiger charge is -2.35. The Morgan fingerprint density at radius 3 is 2.64 bits per heavy atom. The molecule has 2 N–H and O–H groups in total. The minimum absolute atomic E-state index is 0.0184. The first-order valence-corrected chi connectivity index (χ1v) is 10.7. The van der Waals surface area contributed by atoms with Gasteiger partial charge in [0.2, 0.25) is 11.9 Å². The molecule has 1 atom stereocenters. The average Bonchev–Trinajstić information content (AvgIpc) is 3.15. The predicted octanol–water partition coefficient (Wildman–Crippen LogP) is 1.68. The first-order chi connectivity index (χ1) is 13.5. The van der Waals surface area contributed by atoms with Crippen molar-refractivity contribution in [2.24, 2.45) is 11.3 Å². The maximum absolute atomic E-state index is 13.0. The Morgan fingerprint density at radius 1 is 1.29 bits per heavy atom. The number of likely N-dealkylation sites (tertiary alicyclic amines) is 1. The van der Waals surface area contributed by atoms with Crippen LogP contribution in [0.1, 0.15) is 46.0 Å². The lowest BCUT2D eigenvalue weighted by molar-refractivity contribution is -0.130. The van der Waals surface area contributed by atoms with Crippen LogP contribution in [0.5, 0.6) is 0 Å². The van der Waals surface area contributed by atoms with Gasteiger partial charge in [0.25, 0.3) is 0 Å². The molecule has 3 rings (SSSR count). The van der Waals surface area contributed by atoms with E-state index in [1.807, 2.05) is 0 Å². The van der Waals surface area contributed by atoms with Gasteiger partial charge in [-0.3, -0.25) is 4.79 Å². The van der Waals surface area contributed by atoms with E-state index in [0.29, 0.717) is 30.9 Å². The van der Waals surface area contributed by atoms with Crippen LogP contribution in [0.25, 0.3) is 0 Å². The van der Waals surface area contributed by atoms with Crippen LogP contribution in [-0.2, 0) is 4.79 Å². The molecular weight excluding hydrogens is 354 g/mol. The number of nitrogens with zero attached hydrogens (tertiary/aromatic N) is 4. The number of aromatic nitrogens is 2. The quantitative estimate of drug-likeness (QED) is 0.704. The molecular formula is C21H35N5O2. The zero-order valence-electron chi connectivity index (χ0n) is 17.3. The molecule has 0 aromatic carbocycles. The summed E-state index contributed by atoms with van der Waals surface area (Å²) in [5.74, 6) is 1.42. The van der Waals surface area contributed by atoms with E-state index in [4.69, 9.17) is 0 Å². The molecule has 28 heavy (non-hydrogen) atoms. The van der Waals surface area contributed by atoms with E-state index in [2.05, 4.69) is 38.9 Å². The zero-order valence-corrected chi connectivity index (χ0v) is 17.3. The molecule has 1 amide bonds. The third kappa shape index (κ3) is 5.00. The Bertz CT molecular complexity index is 618. The normalized spacial score (nSPS) is 24.1. The minimum Gasteiger partial charge on any atom is -0.396 e. The number of hydrogen-bond acceptors (Lipinski definition) is 6. The number of carbonyl (C=O) groups is 1. The molecule has 1 aromatic heterocycles. The number of nitrogens with one attached hydrogen (secondary N) is 1. The Morgan fingerprint density at radius 2 is 2.00 bits per heavy atom. The highest BCUT2D eigenvalue weighted by Gasteiger charge is 2.44. The van der Waals surface area contributed by atoms with E-state index in [-0.39, 0.29) is 12.5 Å². The maximum Gasteiger partial charge on any atom is 0.228 e. The summed E-state index contributed by atoms with van der Waals surface area (Å²) in [5.41, 5.74) is -0.547. The summed E-state index contributed by atoms with van der Waals surface area (Å²) >= 11 is 0. The number of amides is 1. The summed E-state index contributed by atoms with van der Waals surface area (Å²) in [4.78, 5) is 26.2. The molecule has 2 aliphatic heterocycles. The first kappa shape index (κ1) is 21.0. The number of rotatable bonds is 8. The van der Waals surface area contributed by atoms with Gasteiger partial charge >= 0.3 is 0 Å². The number of piperidine rings is 1. The second-order valence-corrected chi connectivity index (χ2v) is 8.59. The van der Waals surface area contributed by atoms with Gasteiger partial charge in [0.05, 0.1) is 5.41 Å². The Hall–Kier alpha value is -1.73. The summed E-state index contributed by atoms with van der Waals surface area (Å²) < 4.78 is 0. The molecule has 1 aromatic rings. The largest absolute Gasteiger partial charge is 0.396 e. The molecule has 2 aliphatic rings. The van der Waals surface area contributed by atoms with E-state index in [1.165, 1.54) is 12.8 Å². The molecule has 0 aliphatic carbocycles. The Kier molecular flexibility index (Phi) is 7.24. The molecule has 0 radical (unpaired) electrons. The van der Waals surface area contributed by atoms with Crippen LogP contribution in [0.4, 0.5) is 5.95 Å². The Balaban J connectivity index is 1.49. The molecule has 3 heterocycles. The van der Waals surface area contributed by atoms with Crippen LogP contribution in [0.3, 0.4) is 0 Å². The van der Waals surface area contributed by atoms with E-state index in [1.54, 1.807) is 18.5 Å². The van der Waals surface area contributed by atoms with Crippen LogP contribution in [0, 0.1) is 11.3 Å². The van der Waals surface area contributed by atoms with Crippen LogP contribution in [-0.4, -0.2) is 71.3 Å². The highest BCUT2D eigenvalue weighted by molar-refractivity contribution is 5.84. The lowest BCUT2D eigenvalue weighted by Crippen LogP contribution is -2.45. The van der Waals surface area contributed by atoms with Crippen molar-refractivity contribution in [1.29, 1.82) is 0 Å². The van der Waals surface area contributed by atoms with Crippen molar-refractivity contribution in [2.45, 2.75) is 52.0 Å². The molecule has 2 fully saturated rings. The van der Waals surface area contributed by atoms with Gasteiger partial charge in [-0.2, -0.15) is 0 Å². The van der Waals surface area contributed by atoms with Gasteiger partial charge in [0.15, 0.2) is 0 Å². The topological polar surface area (TPSA) is 81.6 Å². The highest BCUT2D eigenvalue weighted by atomic mass is 16.3. The maximum atomic E-state index is 13.0. The lowest BCUT2D eigenvalue weighted by atomic mass is 9.82. The third-order valence-corrected chi connectivity index (χ3v) is 6.48. The fourth-order valence-electron chi connectivity index (χ4n) is 4.55. The molecule has 156 valence electrons. The van der Waals surface area contributed by atoms with Crippen molar-refractivity contribution in [2.75, 3.05) is 44.2 Å². The molecule has 7 nitrogen and oxygen atoms in total. The van der Waals surface area contributed by atoms with Crippen LogP contribution in [0.2, 0.25) is 0 Å². The van der Waals surface area contributed by atoms with Crippen molar-refractivity contribution in [3.05, 3.63) is 18.5 Å². The first-order valence-electron chi connectivity index (χ1n) is 10.7. The second kappa shape index (κ2) is 9.65. The van der Waals surface area contributed by atoms with Crippen molar-refractivity contribution < 1.29 is 9.90 Å². The summed E-state index contributed by atoms with van der Waals surface area (Å²) in [7, 11) is 0. The van der Waals surface area contributed by atoms with Gasteiger partial charge in [-0.1, -0.05) is 0 Å². The molecule has 0 saturated carbocycles. The van der Waals surface area contributed by atoms with Gasteiger partial charge in [0.1, 0.15) is 0 Å². The fourth-order valence-corrected chi connectivity index (χ4v) is 4.55. The summed E-state index contributed by atoms with van der Waals surface area (Å²) in [5, 5.41) is 12.7. The second-order valence-electron chi connectivity index (χ2n) is 8.59. The number of hydrogen-bond donors (Lipinski definition) is 2. The van der Waals surface area contributed by atoms with Gasteiger partial charge < -0.3 is 20.2 Å². The summed E-state index contributed by atoms with van der Waals surface area (Å²) in [6.07, 6.45) is 8.12. The molecule has 2 saturated heterocycles. The standard InChI is InChI=1S/C21H35N5O2/c1-17(2)25-12-5-18(6-13-25)4-11-22-19(28)21(8-15-27)7-14-26(16-21)20-23-9-3-10-24-20/h3,9-10,17-18,27H,4-8,11-16H2,1-2H3,(H,22,28). The number of aliphatic hydroxyl groups is 1. The van der Waals surface area contributed by atoms with Crippen LogP contribution in [0.15, 0.2) is 18.5 Å². The van der Waals surface area contributed by atoms with E-state index >= 15 is 0 Å². The van der Waals surface area contributed by atoms with E-state index < -0.39 is 5.41 Å². The van der Waals surface area contributed by atoms with E-state index in [9.17, 15) is 9.90 Å². The van der Waals surface area contributed by atoms with Crippen LogP contribution < -0.4 is 10.2 Å². The Labute approximate surface area is 168 Å². The SMILES string of the molecule is CC(C)N1CCC(CCNC(=O)C2(CCO)CCN(c3ncccn3)C2)CC1. The summed E-state index contributed by atoms with van der Waals surface area (Å²) in [6.45, 7) is 8.89. The fraction of sp³-hybridized carbons (Fsp3) is 0.762. The zero-order chi connectivity index (χ0) is 20.0. The third-order valence-electron chi connectivity index (χ3n) is 6.48. The van der Waals surface area contributed by atoms with Gasteiger partial charge in [-0.15, -0.1) is 0 Å². The molecule has 7 heteroatoms. The van der Waals surface area contributed by atoms with Gasteiger partial charge in [-0.25, -0.2) is 9.97 Å².